The Morgan fingerprint density at radius 3 is 2.79 bits per heavy atom. The number of H-pyrrole nitrogens is 1. The van der Waals surface area contributed by atoms with Gasteiger partial charge in [0.1, 0.15) is 5.65 Å². The second kappa shape index (κ2) is 5.88. The van der Waals surface area contributed by atoms with Crippen molar-refractivity contribution in [2.24, 2.45) is 0 Å². The number of aromatic nitrogens is 5. The van der Waals surface area contributed by atoms with Crippen LogP contribution in [0.5, 0.6) is 0 Å². The van der Waals surface area contributed by atoms with Gasteiger partial charge >= 0.3 is 0 Å². The van der Waals surface area contributed by atoms with Crippen molar-refractivity contribution in [2.45, 2.75) is 26.3 Å². The van der Waals surface area contributed by atoms with Gasteiger partial charge in [-0.2, -0.15) is 4.98 Å². The van der Waals surface area contributed by atoms with Crippen molar-refractivity contribution in [1.29, 1.82) is 0 Å². The van der Waals surface area contributed by atoms with Gasteiger partial charge in [0.2, 0.25) is 5.95 Å². The largest absolute Gasteiger partial charge is 0.352 e. The fraction of sp³-hybridized carbons (Fsp3) is 0.222. The van der Waals surface area contributed by atoms with Crippen molar-refractivity contribution in [3.05, 3.63) is 43.0 Å². The fourth-order valence-electron chi connectivity index (χ4n) is 2.67. The van der Waals surface area contributed by atoms with Gasteiger partial charge in [-0.25, -0.2) is 4.98 Å². The van der Waals surface area contributed by atoms with Gasteiger partial charge < -0.3 is 10.3 Å². The highest BCUT2D eigenvalue weighted by Gasteiger charge is 2.10. The zero-order valence-electron chi connectivity index (χ0n) is 13.6. The molecule has 4 aromatic rings. The summed E-state index contributed by atoms with van der Waals surface area (Å²) in [7, 11) is 0. The molecule has 0 aliphatic heterocycles. The van der Waals surface area contributed by atoms with Gasteiger partial charge in [0.15, 0.2) is 0 Å². The van der Waals surface area contributed by atoms with E-state index >= 15 is 0 Å². The van der Waals surface area contributed by atoms with Crippen LogP contribution >= 0.6 is 0 Å². The van der Waals surface area contributed by atoms with E-state index in [2.05, 4.69) is 44.1 Å². The molecule has 1 aromatic carbocycles. The van der Waals surface area contributed by atoms with Gasteiger partial charge in [-0.15, -0.1) is 0 Å². The molecule has 0 saturated carbocycles. The van der Waals surface area contributed by atoms with Crippen molar-refractivity contribution in [1.82, 2.24) is 24.9 Å². The third kappa shape index (κ3) is 2.56. The molecule has 3 aromatic heterocycles. The Kier molecular flexibility index (Phi) is 3.57. The molecule has 6 nitrogen and oxygen atoms in total. The van der Waals surface area contributed by atoms with Gasteiger partial charge in [0.05, 0.1) is 11.0 Å². The molecule has 0 aliphatic carbocycles. The Morgan fingerprint density at radius 2 is 1.96 bits per heavy atom. The van der Waals surface area contributed by atoms with Crippen LogP contribution in [0.25, 0.3) is 33.2 Å². The summed E-state index contributed by atoms with van der Waals surface area (Å²) in [5.41, 5.74) is 4.72. The second-order valence-electron chi connectivity index (χ2n) is 5.87. The molecular formula is C18H18N6. The highest BCUT2D eigenvalue weighted by molar-refractivity contribution is 5.95. The lowest BCUT2D eigenvalue weighted by Crippen LogP contribution is -2.15. The van der Waals surface area contributed by atoms with Crippen LogP contribution in [-0.4, -0.2) is 31.0 Å². The van der Waals surface area contributed by atoms with Crippen molar-refractivity contribution in [2.75, 3.05) is 5.32 Å². The summed E-state index contributed by atoms with van der Waals surface area (Å²) >= 11 is 0. The number of fused-ring (bicyclic) bond motifs is 2. The van der Waals surface area contributed by atoms with E-state index in [-0.39, 0.29) is 0 Å². The Hall–Kier alpha value is -3.02. The summed E-state index contributed by atoms with van der Waals surface area (Å²) in [6, 6.07) is 6.41. The molecule has 0 bridgehead atoms. The molecule has 0 radical (unpaired) electrons. The van der Waals surface area contributed by atoms with Crippen LogP contribution in [0.3, 0.4) is 0 Å². The zero-order valence-corrected chi connectivity index (χ0v) is 13.6. The fourth-order valence-corrected chi connectivity index (χ4v) is 2.67. The number of nitrogens with zero attached hydrogens (tertiary/aromatic N) is 4. The third-order valence-corrected chi connectivity index (χ3v) is 4.20. The van der Waals surface area contributed by atoms with Gasteiger partial charge in [0, 0.05) is 41.8 Å². The minimum absolute atomic E-state index is 0.343. The predicted octanol–water partition coefficient (Wildman–Crippen LogP) is 3.78. The van der Waals surface area contributed by atoms with E-state index in [0.29, 0.717) is 12.0 Å². The first-order valence-corrected chi connectivity index (χ1v) is 8.06. The number of anilines is 1. The van der Waals surface area contributed by atoms with Crippen molar-refractivity contribution >= 4 is 28.0 Å². The number of hydrogen-bond acceptors (Lipinski definition) is 5. The second-order valence-corrected chi connectivity index (χ2v) is 5.87. The van der Waals surface area contributed by atoms with E-state index in [1.54, 1.807) is 12.4 Å². The first-order chi connectivity index (χ1) is 11.7. The maximum atomic E-state index is 4.57. The maximum Gasteiger partial charge on any atom is 0.224 e. The standard InChI is InChI=1S/C18H18N6/c1-3-11(2)23-18-22-10-14-13(9-21-17(14)24-18)12-4-5-15-16(8-12)20-7-6-19-15/h4-11H,3H2,1-2H3,(H2,21,22,23,24)/t11-/m0/s1. The first kappa shape index (κ1) is 14.6. The van der Waals surface area contributed by atoms with E-state index in [1.807, 2.05) is 30.6 Å². The average Bonchev–Trinajstić information content (AvgIpc) is 3.04. The summed E-state index contributed by atoms with van der Waals surface area (Å²) in [5, 5.41) is 4.29. The molecule has 0 amide bonds. The first-order valence-electron chi connectivity index (χ1n) is 8.06. The molecule has 4 rings (SSSR count). The van der Waals surface area contributed by atoms with Crippen LogP contribution < -0.4 is 5.32 Å². The van der Waals surface area contributed by atoms with Crippen LogP contribution in [0.4, 0.5) is 5.95 Å². The summed E-state index contributed by atoms with van der Waals surface area (Å²) in [4.78, 5) is 20.9. The molecule has 0 fully saturated rings. The lowest BCUT2D eigenvalue weighted by Gasteiger charge is -2.10. The molecule has 6 heteroatoms. The Bertz CT molecular complexity index is 1010. The average molecular weight is 318 g/mol. The van der Waals surface area contributed by atoms with E-state index < -0.39 is 0 Å². The minimum atomic E-state index is 0.343. The third-order valence-electron chi connectivity index (χ3n) is 4.20. The van der Waals surface area contributed by atoms with Crippen molar-refractivity contribution in [3.63, 3.8) is 0 Å². The van der Waals surface area contributed by atoms with Crippen LogP contribution in [0, 0.1) is 0 Å². The number of aromatic amines is 1. The normalized spacial score (nSPS) is 12.6. The molecular weight excluding hydrogens is 300 g/mol. The van der Waals surface area contributed by atoms with Crippen LogP contribution in [0.2, 0.25) is 0 Å². The number of nitrogens with one attached hydrogen (secondary N) is 2. The summed E-state index contributed by atoms with van der Waals surface area (Å²) in [6.07, 6.45) is 8.25. The Labute approximate surface area is 139 Å². The molecule has 2 N–H and O–H groups in total. The zero-order chi connectivity index (χ0) is 16.5. The molecule has 0 saturated heterocycles. The van der Waals surface area contributed by atoms with Gasteiger partial charge in [-0.3, -0.25) is 9.97 Å². The highest BCUT2D eigenvalue weighted by Crippen LogP contribution is 2.29. The molecule has 0 aliphatic rings. The van der Waals surface area contributed by atoms with E-state index in [0.717, 1.165) is 39.6 Å². The Morgan fingerprint density at radius 1 is 1.12 bits per heavy atom. The van der Waals surface area contributed by atoms with Crippen LogP contribution in [0.15, 0.2) is 43.0 Å². The SMILES string of the molecule is CC[C@H](C)Nc1ncc2c(-c3ccc4nccnc4c3)c[nH]c2n1. The van der Waals surface area contributed by atoms with Gasteiger partial charge in [-0.1, -0.05) is 13.0 Å². The Balaban J connectivity index is 1.76. The van der Waals surface area contributed by atoms with Crippen molar-refractivity contribution < 1.29 is 0 Å². The van der Waals surface area contributed by atoms with Gasteiger partial charge in [0.25, 0.3) is 0 Å². The van der Waals surface area contributed by atoms with Crippen LogP contribution in [0.1, 0.15) is 20.3 Å². The summed E-state index contributed by atoms with van der Waals surface area (Å²) in [5.74, 6) is 0.648. The predicted molar refractivity (Wildman–Crippen MR) is 95.8 cm³/mol. The lowest BCUT2D eigenvalue weighted by atomic mass is 10.1. The molecule has 3 heterocycles. The monoisotopic (exact) mass is 318 g/mol. The van der Waals surface area contributed by atoms with E-state index in [4.69, 9.17) is 0 Å². The molecule has 0 spiro atoms. The van der Waals surface area contributed by atoms with E-state index in [1.165, 1.54) is 0 Å². The van der Waals surface area contributed by atoms with E-state index in [9.17, 15) is 0 Å². The number of rotatable bonds is 4. The highest BCUT2D eigenvalue weighted by atomic mass is 15.1. The van der Waals surface area contributed by atoms with Crippen molar-refractivity contribution in [3.8, 4) is 11.1 Å². The maximum absolute atomic E-state index is 4.57. The summed E-state index contributed by atoms with van der Waals surface area (Å²) in [6.45, 7) is 4.25. The smallest absolute Gasteiger partial charge is 0.224 e. The van der Waals surface area contributed by atoms with Crippen LogP contribution in [-0.2, 0) is 0 Å². The molecule has 1 atom stereocenters. The molecule has 120 valence electrons. The number of benzene rings is 1. The quantitative estimate of drug-likeness (QED) is 0.598. The molecule has 0 unspecified atom stereocenters. The lowest BCUT2D eigenvalue weighted by molar-refractivity contribution is 0.754. The minimum Gasteiger partial charge on any atom is -0.352 e. The topological polar surface area (TPSA) is 79.4 Å². The van der Waals surface area contributed by atoms with Gasteiger partial charge in [-0.05, 0) is 31.0 Å². The summed E-state index contributed by atoms with van der Waals surface area (Å²) < 4.78 is 0. The number of hydrogen-bond donors (Lipinski definition) is 2. The molecule has 24 heavy (non-hydrogen) atoms.